The van der Waals surface area contributed by atoms with Crippen molar-refractivity contribution in [1.82, 2.24) is 5.32 Å². The van der Waals surface area contributed by atoms with Crippen molar-refractivity contribution in [2.75, 3.05) is 11.4 Å². The number of hydrogen-bond acceptors (Lipinski definition) is 3. The molecule has 84 valence electrons. The fourth-order valence-corrected chi connectivity index (χ4v) is 1.66. The largest absolute Gasteiger partial charge is 0.350 e. The molecule has 1 aromatic rings. The fourth-order valence-electron chi connectivity index (χ4n) is 1.66. The first-order valence-corrected chi connectivity index (χ1v) is 4.94. The molecule has 0 spiro atoms. The van der Waals surface area contributed by atoms with Crippen LogP contribution in [0, 0.1) is 5.82 Å². The maximum absolute atomic E-state index is 12.7. The molecule has 2 rings (SSSR count). The number of anilines is 1. The van der Waals surface area contributed by atoms with Crippen molar-refractivity contribution in [3.05, 3.63) is 30.1 Å². The lowest BCUT2D eigenvalue weighted by molar-refractivity contribution is -0.132. The molecule has 1 aliphatic rings. The van der Waals surface area contributed by atoms with Crippen LogP contribution in [0.4, 0.5) is 10.1 Å². The molecule has 16 heavy (non-hydrogen) atoms. The van der Waals surface area contributed by atoms with Gasteiger partial charge in [-0.05, 0) is 31.2 Å². The van der Waals surface area contributed by atoms with E-state index in [1.54, 1.807) is 24.0 Å². The summed E-state index contributed by atoms with van der Waals surface area (Å²) in [5.74, 6) is -1.02. The Hall–Kier alpha value is -1.91. The number of nitrogens with zero attached hydrogens (tertiary/aromatic N) is 1. The Labute approximate surface area is 92.0 Å². The van der Waals surface area contributed by atoms with Gasteiger partial charge >= 0.3 is 0 Å². The Morgan fingerprint density at radius 2 is 1.94 bits per heavy atom. The predicted molar refractivity (Wildman–Crippen MR) is 56.4 cm³/mol. The number of carbonyl (C=O) groups excluding carboxylic acids is 2. The molecule has 1 fully saturated rings. The van der Waals surface area contributed by atoms with Crippen LogP contribution in [0.25, 0.3) is 0 Å². The van der Waals surface area contributed by atoms with Gasteiger partial charge in [-0.15, -0.1) is 0 Å². The van der Waals surface area contributed by atoms with Gasteiger partial charge in [-0.2, -0.15) is 0 Å². The lowest BCUT2D eigenvalue weighted by Crippen LogP contribution is -2.57. The Bertz CT molecular complexity index is 430. The number of carbonyl (C=O) groups is 2. The van der Waals surface area contributed by atoms with Gasteiger partial charge in [0.15, 0.2) is 0 Å². The molecule has 1 atom stereocenters. The van der Waals surface area contributed by atoms with Crippen molar-refractivity contribution in [1.29, 1.82) is 0 Å². The summed E-state index contributed by atoms with van der Waals surface area (Å²) in [6.07, 6.45) is 0. The van der Waals surface area contributed by atoms with Crippen LogP contribution in [-0.4, -0.2) is 24.4 Å². The monoisotopic (exact) mass is 222 g/mol. The first-order valence-electron chi connectivity index (χ1n) is 4.94. The third kappa shape index (κ3) is 1.88. The third-order valence-electron chi connectivity index (χ3n) is 2.58. The zero-order chi connectivity index (χ0) is 11.7. The minimum Gasteiger partial charge on any atom is -0.350 e. The van der Waals surface area contributed by atoms with E-state index in [2.05, 4.69) is 5.32 Å². The lowest BCUT2D eigenvalue weighted by Gasteiger charge is -2.33. The zero-order valence-electron chi connectivity index (χ0n) is 8.74. The van der Waals surface area contributed by atoms with Crippen molar-refractivity contribution in [2.45, 2.75) is 13.0 Å². The van der Waals surface area contributed by atoms with Crippen molar-refractivity contribution in [2.24, 2.45) is 0 Å². The predicted octanol–water partition coefficient (Wildman–Crippen LogP) is 0.677. The number of imide groups is 1. The summed E-state index contributed by atoms with van der Waals surface area (Å²) < 4.78 is 12.7. The molecule has 0 radical (unpaired) electrons. The average Bonchev–Trinajstić information content (AvgIpc) is 2.25. The van der Waals surface area contributed by atoms with E-state index in [0.29, 0.717) is 5.69 Å². The molecule has 1 N–H and O–H groups in total. The molecule has 0 saturated carbocycles. The standard InChI is InChI=1S/C11H11FN2O2/c1-7-11(16)13-10(15)6-14(7)9-4-2-8(12)3-5-9/h2-5,7H,6H2,1H3,(H,13,15,16). The third-order valence-corrected chi connectivity index (χ3v) is 2.58. The van der Waals surface area contributed by atoms with Gasteiger partial charge in [-0.25, -0.2) is 4.39 Å². The van der Waals surface area contributed by atoms with Crippen molar-refractivity contribution >= 4 is 17.5 Å². The number of hydrogen-bond donors (Lipinski definition) is 1. The van der Waals surface area contributed by atoms with Crippen LogP contribution >= 0.6 is 0 Å². The van der Waals surface area contributed by atoms with Crippen LogP contribution in [0.1, 0.15) is 6.92 Å². The van der Waals surface area contributed by atoms with Crippen LogP contribution in [0.3, 0.4) is 0 Å². The van der Waals surface area contributed by atoms with Gasteiger partial charge in [0.25, 0.3) is 0 Å². The molecule has 1 aromatic carbocycles. The smallest absolute Gasteiger partial charge is 0.249 e. The highest BCUT2D eigenvalue weighted by atomic mass is 19.1. The van der Waals surface area contributed by atoms with Crippen LogP contribution < -0.4 is 10.2 Å². The van der Waals surface area contributed by atoms with Crippen LogP contribution in [0.2, 0.25) is 0 Å². The van der Waals surface area contributed by atoms with Crippen LogP contribution in [-0.2, 0) is 9.59 Å². The Kier molecular flexibility index (Phi) is 2.60. The molecular weight excluding hydrogens is 211 g/mol. The summed E-state index contributed by atoms with van der Waals surface area (Å²) in [5.41, 5.74) is 0.664. The Balaban J connectivity index is 2.28. The first kappa shape index (κ1) is 10.6. The van der Waals surface area contributed by atoms with Gasteiger partial charge in [0, 0.05) is 5.69 Å². The molecule has 2 amide bonds. The quantitative estimate of drug-likeness (QED) is 0.711. The van der Waals surface area contributed by atoms with Crippen LogP contribution in [0.5, 0.6) is 0 Å². The lowest BCUT2D eigenvalue weighted by atomic mass is 10.1. The molecule has 0 aromatic heterocycles. The van der Waals surface area contributed by atoms with Crippen LogP contribution in [0.15, 0.2) is 24.3 Å². The maximum atomic E-state index is 12.7. The van der Waals surface area contributed by atoms with Gasteiger partial charge in [0.1, 0.15) is 11.9 Å². The van der Waals surface area contributed by atoms with Crippen molar-refractivity contribution < 1.29 is 14.0 Å². The number of rotatable bonds is 1. The van der Waals surface area contributed by atoms with E-state index in [1.807, 2.05) is 0 Å². The second kappa shape index (κ2) is 3.92. The summed E-state index contributed by atoms with van der Waals surface area (Å²) in [4.78, 5) is 24.3. The summed E-state index contributed by atoms with van der Waals surface area (Å²) in [5, 5.41) is 2.25. The van der Waals surface area contributed by atoms with E-state index in [4.69, 9.17) is 0 Å². The molecule has 1 heterocycles. The maximum Gasteiger partial charge on any atom is 0.249 e. The first-order chi connectivity index (χ1) is 7.58. The molecule has 1 aliphatic heterocycles. The van der Waals surface area contributed by atoms with E-state index in [1.165, 1.54) is 12.1 Å². The molecule has 5 heteroatoms. The molecule has 4 nitrogen and oxygen atoms in total. The number of benzene rings is 1. The zero-order valence-corrected chi connectivity index (χ0v) is 8.74. The van der Waals surface area contributed by atoms with Crippen molar-refractivity contribution in [3.8, 4) is 0 Å². The normalized spacial score (nSPS) is 20.9. The summed E-state index contributed by atoms with van der Waals surface area (Å²) in [6, 6.07) is 5.29. The second-order valence-electron chi connectivity index (χ2n) is 3.69. The topological polar surface area (TPSA) is 49.4 Å². The molecule has 0 aliphatic carbocycles. The van der Waals surface area contributed by atoms with E-state index in [-0.39, 0.29) is 24.2 Å². The van der Waals surface area contributed by atoms with E-state index in [9.17, 15) is 14.0 Å². The van der Waals surface area contributed by atoms with E-state index in [0.717, 1.165) is 0 Å². The minimum atomic E-state index is -0.428. The molecular formula is C11H11FN2O2. The average molecular weight is 222 g/mol. The minimum absolute atomic E-state index is 0.110. The molecule has 0 bridgehead atoms. The summed E-state index contributed by atoms with van der Waals surface area (Å²) >= 11 is 0. The number of amides is 2. The van der Waals surface area contributed by atoms with Gasteiger partial charge in [-0.3, -0.25) is 14.9 Å². The van der Waals surface area contributed by atoms with Gasteiger partial charge in [0.2, 0.25) is 11.8 Å². The van der Waals surface area contributed by atoms with Gasteiger partial charge in [-0.1, -0.05) is 0 Å². The summed E-state index contributed by atoms with van der Waals surface area (Å²) in [7, 11) is 0. The number of nitrogens with one attached hydrogen (secondary N) is 1. The highest BCUT2D eigenvalue weighted by Crippen LogP contribution is 2.19. The number of piperazine rings is 1. The fraction of sp³-hybridized carbons (Fsp3) is 0.273. The Morgan fingerprint density at radius 3 is 2.56 bits per heavy atom. The summed E-state index contributed by atoms with van der Waals surface area (Å²) in [6.45, 7) is 1.81. The van der Waals surface area contributed by atoms with E-state index >= 15 is 0 Å². The van der Waals surface area contributed by atoms with Gasteiger partial charge < -0.3 is 4.90 Å². The highest BCUT2D eigenvalue weighted by Gasteiger charge is 2.30. The van der Waals surface area contributed by atoms with Gasteiger partial charge in [0.05, 0.1) is 6.54 Å². The SMILES string of the molecule is CC1C(=O)NC(=O)CN1c1ccc(F)cc1. The highest BCUT2D eigenvalue weighted by molar-refractivity contribution is 6.04. The van der Waals surface area contributed by atoms with Crippen molar-refractivity contribution in [3.63, 3.8) is 0 Å². The van der Waals surface area contributed by atoms with E-state index < -0.39 is 6.04 Å². The second-order valence-corrected chi connectivity index (χ2v) is 3.69. The molecule has 1 unspecified atom stereocenters. The Morgan fingerprint density at radius 1 is 1.31 bits per heavy atom. The molecule has 1 saturated heterocycles. The number of halogens is 1.